The van der Waals surface area contributed by atoms with Crippen LogP contribution in [0.4, 0.5) is 5.69 Å². The number of rotatable bonds is 8. The molecule has 0 radical (unpaired) electrons. The van der Waals surface area contributed by atoms with Crippen LogP contribution >= 0.6 is 0 Å². The van der Waals surface area contributed by atoms with Crippen LogP contribution in [0.1, 0.15) is 11.1 Å². The van der Waals surface area contributed by atoms with E-state index >= 15 is 0 Å². The van der Waals surface area contributed by atoms with Gasteiger partial charge in [-0.2, -0.15) is 4.31 Å². The molecule has 0 aliphatic heterocycles. The third-order valence-electron chi connectivity index (χ3n) is 3.90. The standard InChI is InChI=1S/C19H24N2O5S/c1-14-6-5-7-16(10-14)20-19(22)13-21(27(4,23)24)12-15-8-9-17(25-2)18(11-15)26-3/h5-11H,12-13H2,1-4H3,(H,20,22). The second kappa shape index (κ2) is 8.88. The van der Waals surface area contributed by atoms with Gasteiger partial charge in [-0.3, -0.25) is 4.79 Å². The van der Waals surface area contributed by atoms with Gasteiger partial charge in [0.1, 0.15) is 0 Å². The van der Waals surface area contributed by atoms with Crippen LogP contribution in [0, 0.1) is 6.92 Å². The number of aryl methyl sites for hydroxylation is 1. The highest BCUT2D eigenvalue weighted by Crippen LogP contribution is 2.28. The fourth-order valence-electron chi connectivity index (χ4n) is 2.56. The summed E-state index contributed by atoms with van der Waals surface area (Å²) in [5.41, 5.74) is 2.30. The van der Waals surface area contributed by atoms with Crippen LogP contribution in [0.15, 0.2) is 42.5 Å². The zero-order valence-corrected chi connectivity index (χ0v) is 16.7. The SMILES string of the molecule is COc1ccc(CN(CC(=O)Nc2cccc(C)c2)S(C)(=O)=O)cc1OC. The van der Waals surface area contributed by atoms with Crippen molar-refractivity contribution in [2.75, 3.05) is 32.3 Å². The summed E-state index contributed by atoms with van der Waals surface area (Å²) in [4.78, 5) is 12.3. The van der Waals surface area contributed by atoms with Gasteiger partial charge in [-0.25, -0.2) is 8.42 Å². The molecule has 0 aromatic heterocycles. The van der Waals surface area contributed by atoms with E-state index in [1.54, 1.807) is 24.3 Å². The van der Waals surface area contributed by atoms with E-state index in [1.165, 1.54) is 14.2 Å². The van der Waals surface area contributed by atoms with Crippen molar-refractivity contribution in [3.8, 4) is 11.5 Å². The van der Waals surface area contributed by atoms with Gasteiger partial charge in [-0.1, -0.05) is 18.2 Å². The van der Waals surface area contributed by atoms with E-state index in [1.807, 2.05) is 25.1 Å². The number of carbonyl (C=O) groups is 1. The van der Waals surface area contributed by atoms with E-state index in [2.05, 4.69) is 5.32 Å². The van der Waals surface area contributed by atoms with Gasteiger partial charge in [0.05, 0.1) is 27.0 Å². The number of anilines is 1. The highest BCUT2D eigenvalue weighted by molar-refractivity contribution is 7.88. The molecule has 1 amide bonds. The van der Waals surface area contributed by atoms with Gasteiger partial charge in [-0.05, 0) is 42.3 Å². The fraction of sp³-hybridized carbons (Fsp3) is 0.316. The lowest BCUT2D eigenvalue weighted by atomic mass is 10.2. The molecule has 0 aliphatic carbocycles. The van der Waals surface area contributed by atoms with Crippen molar-refractivity contribution in [3.05, 3.63) is 53.6 Å². The summed E-state index contributed by atoms with van der Waals surface area (Å²) >= 11 is 0. The zero-order chi connectivity index (χ0) is 20.0. The van der Waals surface area contributed by atoms with Gasteiger partial charge < -0.3 is 14.8 Å². The maximum absolute atomic E-state index is 12.3. The van der Waals surface area contributed by atoms with E-state index in [-0.39, 0.29) is 13.1 Å². The highest BCUT2D eigenvalue weighted by atomic mass is 32.2. The number of sulfonamides is 1. The molecule has 1 N–H and O–H groups in total. The Balaban J connectivity index is 2.15. The summed E-state index contributed by atoms with van der Waals surface area (Å²) in [5, 5.41) is 2.72. The Morgan fingerprint density at radius 2 is 1.78 bits per heavy atom. The summed E-state index contributed by atoms with van der Waals surface area (Å²) < 4.78 is 35.8. The number of nitrogens with one attached hydrogen (secondary N) is 1. The molecule has 2 rings (SSSR count). The van der Waals surface area contributed by atoms with Gasteiger partial charge >= 0.3 is 0 Å². The quantitative estimate of drug-likeness (QED) is 0.746. The average molecular weight is 392 g/mol. The highest BCUT2D eigenvalue weighted by Gasteiger charge is 2.21. The normalized spacial score (nSPS) is 11.3. The molecule has 0 aliphatic rings. The number of hydrogen-bond acceptors (Lipinski definition) is 5. The topological polar surface area (TPSA) is 84.9 Å². The minimum atomic E-state index is -3.59. The van der Waals surface area contributed by atoms with E-state index in [4.69, 9.17) is 9.47 Å². The molecule has 0 saturated carbocycles. The van der Waals surface area contributed by atoms with Gasteiger partial charge in [0.25, 0.3) is 0 Å². The molecule has 0 unspecified atom stereocenters. The lowest BCUT2D eigenvalue weighted by Crippen LogP contribution is -2.36. The van der Waals surface area contributed by atoms with Crippen molar-refractivity contribution in [2.45, 2.75) is 13.5 Å². The summed E-state index contributed by atoms with van der Waals surface area (Å²) in [6.07, 6.45) is 1.08. The van der Waals surface area contributed by atoms with Crippen LogP contribution < -0.4 is 14.8 Å². The van der Waals surface area contributed by atoms with E-state index < -0.39 is 15.9 Å². The molecule has 0 heterocycles. The molecule has 8 heteroatoms. The third kappa shape index (κ3) is 5.97. The van der Waals surface area contributed by atoms with Crippen LogP contribution in [0.3, 0.4) is 0 Å². The van der Waals surface area contributed by atoms with Crippen molar-refractivity contribution in [3.63, 3.8) is 0 Å². The Morgan fingerprint density at radius 1 is 1.07 bits per heavy atom. The average Bonchev–Trinajstić information content (AvgIpc) is 2.60. The fourth-order valence-corrected chi connectivity index (χ4v) is 3.29. The molecule has 146 valence electrons. The van der Waals surface area contributed by atoms with Crippen LogP contribution in [0.5, 0.6) is 11.5 Å². The number of carbonyl (C=O) groups excluding carboxylic acids is 1. The molecule has 0 spiro atoms. The predicted molar refractivity (Wildman–Crippen MR) is 105 cm³/mol. The first-order chi connectivity index (χ1) is 12.7. The maximum atomic E-state index is 12.3. The molecule has 0 bridgehead atoms. The number of amides is 1. The first-order valence-corrected chi connectivity index (χ1v) is 10.1. The molecular weight excluding hydrogens is 368 g/mol. The zero-order valence-electron chi connectivity index (χ0n) is 15.9. The molecule has 7 nitrogen and oxygen atoms in total. The molecule has 27 heavy (non-hydrogen) atoms. The summed E-state index contributed by atoms with van der Waals surface area (Å²) in [6.45, 7) is 1.66. The monoisotopic (exact) mass is 392 g/mol. The van der Waals surface area contributed by atoms with E-state index in [0.29, 0.717) is 22.7 Å². The lowest BCUT2D eigenvalue weighted by Gasteiger charge is -2.20. The predicted octanol–water partition coefficient (Wildman–Crippen LogP) is 2.41. The Bertz CT molecular complexity index is 912. The number of methoxy groups -OCH3 is 2. The van der Waals surface area contributed by atoms with Crippen molar-refractivity contribution in [2.24, 2.45) is 0 Å². The second-order valence-corrected chi connectivity index (χ2v) is 8.12. The molecule has 2 aromatic carbocycles. The molecule has 0 atom stereocenters. The van der Waals surface area contributed by atoms with Crippen molar-refractivity contribution < 1.29 is 22.7 Å². The first-order valence-electron chi connectivity index (χ1n) is 8.25. The Kier molecular flexibility index (Phi) is 6.81. The van der Waals surface area contributed by atoms with Gasteiger partial charge in [-0.15, -0.1) is 0 Å². The third-order valence-corrected chi connectivity index (χ3v) is 5.09. The summed E-state index contributed by atoms with van der Waals surface area (Å²) in [5.74, 6) is 0.628. The molecule has 2 aromatic rings. The number of hydrogen-bond donors (Lipinski definition) is 1. The lowest BCUT2D eigenvalue weighted by molar-refractivity contribution is -0.116. The van der Waals surface area contributed by atoms with Gasteiger partial charge in [0.15, 0.2) is 11.5 Å². The van der Waals surface area contributed by atoms with Gasteiger partial charge in [0, 0.05) is 12.2 Å². The van der Waals surface area contributed by atoms with E-state index in [0.717, 1.165) is 16.1 Å². The minimum absolute atomic E-state index is 0.0421. The largest absolute Gasteiger partial charge is 0.493 e. The smallest absolute Gasteiger partial charge is 0.239 e. The van der Waals surface area contributed by atoms with Crippen LogP contribution in [0.25, 0.3) is 0 Å². The van der Waals surface area contributed by atoms with Crippen LogP contribution in [0.2, 0.25) is 0 Å². The molecule has 0 fully saturated rings. The first kappa shape index (κ1) is 20.7. The Hall–Kier alpha value is -2.58. The Labute approximate surface area is 160 Å². The number of benzene rings is 2. The number of nitrogens with zero attached hydrogens (tertiary/aromatic N) is 1. The minimum Gasteiger partial charge on any atom is -0.493 e. The molecular formula is C19H24N2O5S. The second-order valence-electron chi connectivity index (χ2n) is 6.14. The van der Waals surface area contributed by atoms with Crippen LogP contribution in [-0.2, 0) is 21.4 Å². The summed E-state index contributed by atoms with van der Waals surface area (Å²) in [7, 11) is -0.564. The van der Waals surface area contributed by atoms with Crippen molar-refractivity contribution in [1.29, 1.82) is 0 Å². The number of ether oxygens (including phenoxy) is 2. The molecule has 0 saturated heterocycles. The van der Waals surface area contributed by atoms with Gasteiger partial charge in [0.2, 0.25) is 15.9 Å². The van der Waals surface area contributed by atoms with Crippen molar-refractivity contribution >= 4 is 21.6 Å². The summed E-state index contributed by atoms with van der Waals surface area (Å²) in [6, 6.07) is 12.4. The van der Waals surface area contributed by atoms with E-state index in [9.17, 15) is 13.2 Å². The Morgan fingerprint density at radius 3 is 2.37 bits per heavy atom. The maximum Gasteiger partial charge on any atom is 0.239 e. The van der Waals surface area contributed by atoms with Crippen molar-refractivity contribution in [1.82, 2.24) is 4.31 Å². The van der Waals surface area contributed by atoms with Crippen LogP contribution in [-0.4, -0.2) is 45.7 Å².